The van der Waals surface area contributed by atoms with Crippen LogP contribution in [-0.2, 0) is 4.79 Å². The number of hydrogen-bond acceptors (Lipinski definition) is 2. The first-order chi connectivity index (χ1) is 8.30. The molecule has 3 nitrogen and oxygen atoms in total. The highest BCUT2D eigenvalue weighted by molar-refractivity contribution is 5.73. The van der Waals surface area contributed by atoms with Crippen LogP contribution in [0.2, 0.25) is 0 Å². The minimum atomic E-state index is 0.104. The summed E-state index contributed by atoms with van der Waals surface area (Å²) in [4.78, 5) is 13.8. The van der Waals surface area contributed by atoms with E-state index < -0.39 is 0 Å². The average molecular weight is 254 g/mol. The number of nitrogens with zero attached hydrogens (tertiary/aromatic N) is 1. The van der Waals surface area contributed by atoms with E-state index in [2.05, 4.69) is 37.9 Å². The minimum Gasteiger partial charge on any atom is -0.352 e. The highest BCUT2D eigenvalue weighted by Gasteiger charge is 2.29. The molecule has 0 aromatic heterocycles. The van der Waals surface area contributed by atoms with Gasteiger partial charge in [0.1, 0.15) is 0 Å². The van der Waals surface area contributed by atoms with E-state index in [1.54, 1.807) is 6.92 Å². The Morgan fingerprint density at radius 2 is 2.00 bits per heavy atom. The molecule has 0 spiro atoms. The molecule has 0 aromatic rings. The van der Waals surface area contributed by atoms with E-state index in [0.717, 1.165) is 19.5 Å². The van der Waals surface area contributed by atoms with Gasteiger partial charge < -0.3 is 10.2 Å². The van der Waals surface area contributed by atoms with Crippen LogP contribution in [0.3, 0.4) is 0 Å². The van der Waals surface area contributed by atoms with E-state index in [4.69, 9.17) is 0 Å². The molecule has 1 aliphatic heterocycles. The van der Waals surface area contributed by atoms with Crippen molar-refractivity contribution in [1.82, 2.24) is 10.2 Å². The summed E-state index contributed by atoms with van der Waals surface area (Å²) >= 11 is 0. The van der Waals surface area contributed by atoms with Gasteiger partial charge >= 0.3 is 0 Å². The van der Waals surface area contributed by atoms with Gasteiger partial charge in [0.2, 0.25) is 5.91 Å². The molecule has 0 aliphatic carbocycles. The maximum Gasteiger partial charge on any atom is 0.217 e. The number of likely N-dealkylation sites (tertiary alicyclic amines) is 1. The summed E-state index contributed by atoms with van der Waals surface area (Å²) in [7, 11) is 0. The lowest BCUT2D eigenvalue weighted by Gasteiger charge is -2.40. The predicted octanol–water partition coefficient (Wildman–Crippen LogP) is 2.66. The van der Waals surface area contributed by atoms with Crippen molar-refractivity contribution in [3.8, 4) is 0 Å². The smallest absolute Gasteiger partial charge is 0.217 e. The fourth-order valence-electron chi connectivity index (χ4n) is 3.21. The summed E-state index contributed by atoms with van der Waals surface area (Å²) in [6.45, 7) is 14.1. The topological polar surface area (TPSA) is 32.3 Å². The fourth-order valence-corrected chi connectivity index (χ4v) is 3.21. The Kier molecular flexibility index (Phi) is 5.64. The van der Waals surface area contributed by atoms with Gasteiger partial charge in [0.25, 0.3) is 0 Å². The highest BCUT2D eigenvalue weighted by atomic mass is 16.1. The maximum absolute atomic E-state index is 11.2. The molecule has 1 rings (SSSR count). The molecular weight excluding hydrogens is 224 g/mol. The van der Waals surface area contributed by atoms with Crippen LogP contribution >= 0.6 is 0 Å². The van der Waals surface area contributed by atoms with E-state index in [9.17, 15) is 4.79 Å². The van der Waals surface area contributed by atoms with Crippen molar-refractivity contribution in [2.45, 2.75) is 59.9 Å². The van der Waals surface area contributed by atoms with Crippen LogP contribution in [0.15, 0.2) is 0 Å². The molecule has 0 saturated carbocycles. The summed E-state index contributed by atoms with van der Waals surface area (Å²) < 4.78 is 0. The number of nitrogens with one attached hydrogen (secondary N) is 1. The number of rotatable bonds is 4. The largest absolute Gasteiger partial charge is 0.352 e. The van der Waals surface area contributed by atoms with Crippen LogP contribution in [0, 0.1) is 11.3 Å². The second-order valence-corrected chi connectivity index (χ2v) is 7.02. The molecule has 1 amide bonds. The second-order valence-electron chi connectivity index (χ2n) is 7.02. The SMILES string of the molecule is CCCN1CC(CC(C)(C)C)CC(NC(C)=O)C1. The van der Waals surface area contributed by atoms with Crippen molar-refractivity contribution >= 4 is 5.91 Å². The number of carbonyl (C=O) groups is 1. The predicted molar refractivity (Wildman–Crippen MR) is 76.5 cm³/mol. The Bertz CT molecular complexity index is 270. The normalized spacial score (nSPS) is 26.1. The lowest BCUT2D eigenvalue weighted by atomic mass is 9.80. The van der Waals surface area contributed by atoms with Crippen molar-refractivity contribution < 1.29 is 4.79 Å². The second kappa shape index (κ2) is 6.55. The molecule has 1 saturated heterocycles. The lowest BCUT2D eigenvalue weighted by Crippen LogP contribution is -2.51. The Morgan fingerprint density at radius 1 is 1.33 bits per heavy atom. The van der Waals surface area contributed by atoms with Gasteiger partial charge in [-0.25, -0.2) is 0 Å². The first-order valence-electron chi connectivity index (χ1n) is 7.29. The summed E-state index contributed by atoms with van der Waals surface area (Å²) in [5, 5.41) is 3.11. The van der Waals surface area contributed by atoms with Gasteiger partial charge in [-0.1, -0.05) is 27.7 Å². The zero-order chi connectivity index (χ0) is 13.8. The van der Waals surface area contributed by atoms with Crippen LogP contribution in [0.4, 0.5) is 0 Å². The van der Waals surface area contributed by atoms with Crippen molar-refractivity contribution in [1.29, 1.82) is 0 Å². The third-order valence-corrected chi connectivity index (χ3v) is 3.46. The Balaban J connectivity index is 2.58. The quantitative estimate of drug-likeness (QED) is 0.836. The van der Waals surface area contributed by atoms with Gasteiger partial charge in [-0.3, -0.25) is 4.79 Å². The monoisotopic (exact) mass is 254 g/mol. The number of hydrogen-bond donors (Lipinski definition) is 1. The van der Waals surface area contributed by atoms with Crippen molar-refractivity contribution in [2.75, 3.05) is 19.6 Å². The van der Waals surface area contributed by atoms with Crippen molar-refractivity contribution in [3.05, 3.63) is 0 Å². The maximum atomic E-state index is 11.2. The molecule has 1 fully saturated rings. The first kappa shape index (κ1) is 15.5. The number of carbonyl (C=O) groups excluding carboxylic acids is 1. The Morgan fingerprint density at radius 3 is 2.50 bits per heavy atom. The molecule has 106 valence electrons. The summed E-state index contributed by atoms with van der Waals surface area (Å²) in [6, 6.07) is 0.343. The van der Waals surface area contributed by atoms with Gasteiger partial charge in [0.05, 0.1) is 0 Å². The molecule has 1 aliphatic rings. The summed E-state index contributed by atoms with van der Waals surface area (Å²) in [5.74, 6) is 0.815. The minimum absolute atomic E-state index is 0.104. The zero-order valence-corrected chi connectivity index (χ0v) is 12.8. The third-order valence-electron chi connectivity index (χ3n) is 3.46. The van der Waals surface area contributed by atoms with Crippen LogP contribution in [0.25, 0.3) is 0 Å². The molecule has 2 unspecified atom stereocenters. The molecule has 2 atom stereocenters. The Labute approximate surface area is 112 Å². The van der Waals surface area contributed by atoms with E-state index in [0.29, 0.717) is 17.4 Å². The molecule has 1 heterocycles. The number of amides is 1. The first-order valence-corrected chi connectivity index (χ1v) is 7.29. The van der Waals surface area contributed by atoms with Crippen LogP contribution < -0.4 is 5.32 Å². The fraction of sp³-hybridized carbons (Fsp3) is 0.933. The molecule has 1 N–H and O–H groups in total. The van der Waals surface area contributed by atoms with E-state index in [1.165, 1.54) is 19.4 Å². The van der Waals surface area contributed by atoms with Gasteiger partial charge in [0.15, 0.2) is 0 Å². The van der Waals surface area contributed by atoms with Crippen LogP contribution in [0.5, 0.6) is 0 Å². The summed E-state index contributed by atoms with van der Waals surface area (Å²) in [6.07, 6.45) is 3.56. The van der Waals surface area contributed by atoms with Gasteiger partial charge in [0, 0.05) is 26.1 Å². The van der Waals surface area contributed by atoms with Gasteiger partial charge in [-0.2, -0.15) is 0 Å². The third kappa shape index (κ3) is 5.85. The average Bonchev–Trinajstić information content (AvgIpc) is 2.12. The standard InChI is InChI=1S/C15H30N2O/c1-6-7-17-10-13(9-15(3,4)5)8-14(11-17)16-12(2)18/h13-14H,6-11H2,1-5H3,(H,16,18). The zero-order valence-electron chi connectivity index (χ0n) is 12.8. The van der Waals surface area contributed by atoms with Crippen molar-refractivity contribution in [3.63, 3.8) is 0 Å². The Hall–Kier alpha value is -0.570. The molecule has 0 radical (unpaired) electrons. The van der Waals surface area contributed by atoms with Gasteiger partial charge in [-0.05, 0) is 37.1 Å². The molecule has 0 aromatic carbocycles. The molecule has 18 heavy (non-hydrogen) atoms. The lowest BCUT2D eigenvalue weighted by molar-refractivity contribution is -0.120. The molecule has 0 bridgehead atoms. The highest BCUT2D eigenvalue weighted by Crippen LogP contribution is 2.30. The van der Waals surface area contributed by atoms with Crippen LogP contribution in [0.1, 0.15) is 53.9 Å². The van der Waals surface area contributed by atoms with Crippen LogP contribution in [-0.4, -0.2) is 36.5 Å². The van der Waals surface area contributed by atoms with Crippen molar-refractivity contribution in [2.24, 2.45) is 11.3 Å². The van der Waals surface area contributed by atoms with Gasteiger partial charge in [-0.15, -0.1) is 0 Å². The van der Waals surface area contributed by atoms with E-state index in [-0.39, 0.29) is 5.91 Å². The molecular formula is C15H30N2O. The molecule has 3 heteroatoms. The summed E-state index contributed by atoms with van der Waals surface area (Å²) in [5.41, 5.74) is 0.376. The van der Waals surface area contributed by atoms with E-state index >= 15 is 0 Å². The van der Waals surface area contributed by atoms with E-state index in [1.807, 2.05) is 0 Å². The number of piperidine rings is 1.